The van der Waals surface area contributed by atoms with Crippen molar-refractivity contribution >= 4 is 35.2 Å². The molecule has 0 atom stereocenters. The Kier molecular flexibility index (Phi) is 9.23. The third kappa shape index (κ3) is 6.90. The zero-order chi connectivity index (χ0) is 26.6. The molecular weight excluding hydrogens is 465 g/mol. The van der Waals surface area contributed by atoms with Gasteiger partial charge in [0.25, 0.3) is 5.56 Å². The van der Waals surface area contributed by atoms with Crippen molar-refractivity contribution in [2.75, 3.05) is 9.62 Å². The second-order valence-electron chi connectivity index (χ2n) is 9.58. The Morgan fingerprint density at radius 1 is 1.29 bits per heavy atom. The minimum absolute atomic E-state index is 0.00831. The number of anilines is 3. The number of carbonyl (C=O) groups excluding carboxylic acids is 1. The van der Waals surface area contributed by atoms with Gasteiger partial charge in [0, 0.05) is 17.4 Å². The minimum Gasteiger partial charge on any atom is -0.443 e. The highest BCUT2D eigenvalue weighted by Crippen LogP contribution is 2.52. The fourth-order valence-corrected chi connectivity index (χ4v) is 4.53. The van der Waals surface area contributed by atoms with Gasteiger partial charge in [-0.15, -0.1) is 6.58 Å². The molecule has 0 unspecified atom stereocenters. The second-order valence-corrected chi connectivity index (χ2v) is 10.9. The van der Waals surface area contributed by atoms with Crippen molar-refractivity contribution in [1.29, 1.82) is 0 Å². The van der Waals surface area contributed by atoms with Crippen LogP contribution < -0.4 is 15.2 Å². The van der Waals surface area contributed by atoms with E-state index in [-0.39, 0.29) is 21.8 Å². The molecule has 0 spiro atoms. The zero-order valence-corrected chi connectivity index (χ0v) is 22.9. The van der Waals surface area contributed by atoms with E-state index in [0.29, 0.717) is 16.8 Å². The number of hydrogen-bond acceptors (Lipinski definition) is 5. The van der Waals surface area contributed by atoms with Crippen molar-refractivity contribution in [1.82, 2.24) is 4.57 Å². The van der Waals surface area contributed by atoms with Gasteiger partial charge in [0.15, 0.2) is 0 Å². The van der Waals surface area contributed by atoms with Crippen LogP contribution in [0.4, 0.5) is 26.4 Å². The van der Waals surface area contributed by atoms with Crippen LogP contribution in [0.5, 0.6) is 0 Å². The predicted octanol–water partition coefficient (Wildman–Crippen LogP) is 7.41. The molecule has 1 aliphatic carbocycles. The number of aromatic nitrogens is 1. The Labute approximate surface area is 212 Å². The highest BCUT2D eigenvalue weighted by molar-refractivity contribution is 8.02. The van der Waals surface area contributed by atoms with E-state index in [0.717, 1.165) is 24.2 Å². The summed E-state index contributed by atoms with van der Waals surface area (Å²) >= 11 is 1.54. The van der Waals surface area contributed by atoms with Crippen LogP contribution >= 0.6 is 11.9 Å². The van der Waals surface area contributed by atoms with E-state index in [1.165, 1.54) is 28.6 Å². The van der Waals surface area contributed by atoms with Gasteiger partial charge in [-0.25, -0.2) is 14.1 Å². The average Bonchev–Trinajstić information content (AvgIpc) is 3.54. The second kappa shape index (κ2) is 11.3. The first-order chi connectivity index (χ1) is 16.4. The number of halogens is 1. The van der Waals surface area contributed by atoms with Crippen LogP contribution in [0.1, 0.15) is 65.0 Å². The van der Waals surface area contributed by atoms with Crippen LogP contribution in [0.25, 0.3) is 0 Å². The summed E-state index contributed by atoms with van der Waals surface area (Å²) < 4.78 is 25.5. The molecule has 1 amide bonds. The Balaban J connectivity index is 0.00000210. The van der Waals surface area contributed by atoms with Gasteiger partial charge in [-0.2, -0.15) is 0 Å². The molecular formula is C27H38FN3O3S. The number of carbonyl (C=O) groups is 1. The van der Waals surface area contributed by atoms with Crippen LogP contribution in [0.3, 0.4) is 0 Å². The van der Waals surface area contributed by atoms with E-state index >= 15 is 4.39 Å². The van der Waals surface area contributed by atoms with Gasteiger partial charge in [-0.1, -0.05) is 26.0 Å². The standard InChI is InChI=1S/C25H32FN3O3S.C2H6/c1-8-11-25(12-13-25)33-27-19-15-17(3)22(30)28(7)21(19)29(23(31)32-24(4,5)6)20-10-9-16(2)14-18(20)26;1-2/h8-10,14-15,27H,1,11-13H2,2-7H3;1-2H3. The highest BCUT2D eigenvalue weighted by atomic mass is 32.2. The number of nitrogens with zero attached hydrogens (tertiary/aromatic N) is 2. The maximum absolute atomic E-state index is 15.1. The lowest BCUT2D eigenvalue weighted by molar-refractivity contribution is 0.0596. The number of amides is 1. The van der Waals surface area contributed by atoms with Crippen molar-refractivity contribution in [2.45, 2.75) is 78.1 Å². The van der Waals surface area contributed by atoms with E-state index in [4.69, 9.17) is 4.74 Å². The molecule has 8 heteroatoms. The molecule has 0 bridgehead atoms. The summed E-state index contributed by atoms with van der Waals surface area (Å²) in [5.41, 5.74) is 0.659. The Hall–Kier alpha value is -2.74. The smallest absolute Gasteiger partial charge is 0.420 e. The number of hydrogen-bond donors (Lipinski definition) is 1. The molecule has 0 aliphatic heterocycles. The molecule has 1 aliphatic rings. The molecule has 1 aromatic heterocycles. The predicted molar refractivity (Wildman–Crippen MR) is 145 cm³/mol. The van der Waals surface area contributed by atoms with Crippen molar-refractivity contribution in [3.05, 3.63) is 64.2 Å². The summed E-state index contributed by atoms with van der Waals surface area (Å²) in [5, 5.41) is 0. The lowest BCUT2D eigenvalue weighted by Gasteiger charge is -2.30. The number of benzene rings is 1. The third-order valence-corrected chi connectivity index (χ3v) is 6.72. The van der Waals surface area contributed by atoms with Crippen LogP contribution in [0.2, 0.25) is 0 Å². The molecule has 1 saturated carbocycles. The van der Waals surface area contributed by atoms with E-state index in [9.17, 15) is 9.59 Å². The quantitative estimate of drug-likeness (QED) is 0.315. The first-order valence-corrected chi connectivity index (χ1v) is 12.7. The van der Waals surface area contributed by atoms with Crippen LogP contribution in [-0.4, -0.2) is 21.0 Å². The van der Waals surface area contributed by atoms with Crippen molar-refractivity contribution in [2.24, 2.45) is 7.05 Å². The van der Waals surface area contributed by atoms with E-state index in [1.54, 1.807) is 53.8 Å². The maximum atomic E-state index is 15.1. The summed E-state index contributed by atoms with van der Waals surface area (Å²) in [6.07, 6.45) is 4.04. The Bertz CT molecular complexity index is 1130. The minimum atomic E-state index is -0.815. The van der Waals surface area contributed by atoms with E-state index in [1.807, 2.05) is 19.9 Å². The molecule has 0 saturated heterocycles. The summed E-state index contributed by atoms with van der Waals surface area (Å²) in [6, 6.07) is 6.28. The van der Waals surface area contributed by atoms with Crippen molar-refractivity contribution < 1.29 is 13.9 Å². The fourth-order valence-electron chi connectivity index (χ4n) is 3.54. The summed E-state index contributed by atoms with van der Waals surface area (Å²) in [5.74, 6) is -0.373. The lowest BCUT2D eigenvalue weighted by Crippen LogP contribution is -2.38. The van der Waals surface area contributed by atoms with Gasteiger partial charge in [0.05, 0.1) is 11.4 Å². The van der Waals surface area contributed by atoms with Crippen molar-refractivity contribution in [3.63, 3.8) is 0 Å². The Morgan fingerprint density at radius 3 is 2.43 bits per heavy atom. The number of nitrogens with one attached hydrogen (secondary N) is 1. The zero-order valence-electron chi connectivity index (χ0n) is 22.1. The maximum Gasteiger partial charge on any atom is 0.420 e. The molecule has 2 aromatic rings. The molecule has 192 valence electrons. The molecule has 0 radical (unpaired) electrons. The largest absolute Gasteiger partial charge is 0.443 e. The topological polar surface area (TPSA) is 63.6 Å². The molecule has 35 heavy (non-hydrogen) atoms. The molecule has 3 rings (SSSR count). The fraction of sp³-hybridized carbons (Fsp3) is 0.481. The average molecular weight is 504 g/mol. The van der Waals surface area contributed by atoms with Gasteiger partial charge in [-0.05, 0) is 89.6 Å². The van der Waals surface area contributed by atoms with Crippen LogP contribution in [0, 0.1) is 19.7 Å². The highest BCUT2D eigenvalue weighted by Gasteiger charge is 2.43. The lowest BCUT2D eigenvalue weighted by atomic mass is 10.2. The SMILES string of the molecule is C=CCC1(SNc2cc(C)c(=O)n(C)c2N(C(=O)OC(C)(C)C)c2ccc(C)cc2F)CC1.CC. The van der Waals surface area contributed by atoms with E-state index < -0.39 is 17.5 Å². The molecule has 1 fully saturated rings. The number of rotatable bonds is 7. The first-order valence-electron chi connectivity index (χ1n) is 11.9. The molecule has 1 N–H and O–H groups in total. The van der Waals surface area contributed by atoms with Crippen molar-refractivity contribution in [3.8, 4) is 0 Å². The molecule has 1 aromatic carbocycles. The summed E-state index contributed by atoms with van der Waals surface area (Å²) in [4.78, 5) is 27.4. The first kappa shape index (κ1) is 28.5. The Morgan fingerprint density at radius 2 is 1.91 bits per heavy atom. The van der Waals surface area contributed by atoms with Gasteiger partial charge >= 0.3 is 6.09 Å². The number of ether oxygens (including phenoxy) is 1. The molecule has 1 heterocycles. The summed E-state index contributed by atoms with van der Waals surface area (Å²) in [7, 11) is 1.57. The monoisotopic (exact) mass is 503 g/mol. The van der Waals surface area contributed by atoms with E-state index in [2.05, 4.69) is 11.3 Å². The van der Waals surface area contributed by atoms with Gasteiger partial charge in [0.2, 0.25) is 0 Å². The number of aryl methyl sites for hydroxylation is 2. The summed E-state index contributed by atoms with van der Waals surface area (Å²) in [6.45, 7) is 16.5. The van der Waals surface area contributed by atoms with Crippen LogP contribution in [-0.2, 0) is 11.8 Å². The number of pyridine rings is 1. The van der Waals surface area contributed by atoms with Gasteiger partial charge < -0.3 is 9.46 Å². The van der Waals surface area contributed by atoms with Gasteiger partial charge in [0.1, 0.15) is 17.2 Å². The number of allylic oxidation sites excluding steroid dienone is 1. The third-order valence-electron chi connectivity index (χ3n) is 5.39. The normalized spacial score (nSPS) is 13.9. The molecule has 6 nitrogen and oxygen atoms in total. The van der Waals surface area contributed by atoms with Gasteiger partial charge in [-0.3, -0.25) is 9.36 Å². The van der Waals surface area contributed by atoms with Crippen LogP contribution in [0.15, 0.2) is 41.7 Å².